The first kappa shape index (κ1) is 18.5. The molecule has 1 aromatic carbocycles. The number of benzene rings is 1. The lowest BCUT2D eigenvalue weighted by Crippen LogP contribution is -2.34. The number of thioether (sulfide) groups is 1. The fraction of sp³-hybridized carbons (Fsp3) is 0.667. The van der Waals surface area contributed by atoms with Crippen LogP contribution >= 0.6 is 11.8 Å². The van der Waals surface area contributed by atoms with E-state index in [2.05, 4.69) is 68.2 Å². The Bertz CT molecular complexity index is 355. The maximum Gasteiger partial charge on any atom is 0.0470 e. The second kappa shape index (κ2) is 11.1. The minimum Gasteiger partial charge on any atom is -0.385 e. The van der Waals surface area contributed by atoms with Crippen LogP contribution in [0, 0.1) is 5.92 Å². The van der Waals surface area contributed by atoms with Crippen molar-refractivity contribution < 1.29 is 4.74 Å². The molecule has 2 unspecified atom stereocenters. The van der Waals surface area contributed by atoms with Gasteiger partial charge in [-0.15, -0.1) is 0 Å². The Labute approximate surface area is 135 Å². The molecule has 0 fully saturated rings. The lowest BCUT2D eigenvalue weighted by Gasteiger charge is -2.31. The Morgan fingerprint density at radius 3 is 2.48 bits per heavy atom. The van der Waals surface area contributed by atoms with Gasteiger partial charge in [-0.1, -0.05) is 51.1 Å². The molecule has 0 aliphatic rings. The fourth-order valence-corrected chi connectivity index (χ4v) is 3.87. The molecule has 1 N–H and O–H groups in total. The van der Waals surface area contributed by atoms with Crippen molar-refractivity contribution in [3.63, 3.8) is 0 Å². The first-order valence-electron chi connectivity index (χ1n) is 8.09. The minimum atomic E-state index is 0.429. The van der Waals surface area contributed by atoms with Gasteiger partial charge in [-0.05, 0) is 36.6 Å². The number of hydrogen-bond donors (Lipinski definition) is 1. The van der Waals surface area contributed by atoms with Gasteiger partial charge in [-0.25, -0.2) is 0 Å². The number of ether oxygens (including phenoxy) is 1. The monoisotopic (exact) mass is 309 g/mol. The molecule has 120 valence electrons. The largest absolute Gasteiger partial charge is 0.385 e. The van der Waals surface area contributed by atoms with E-state index in [0.29, 0.717) is 17.2 Å². The van der Waals surface area contributed by atoms with Gasteiger partial charge in [0.05, 0.1) is 0 Å². The zero-order chi connectivity index (χ0) is 15.5. The van der Waals surface area contributed by atoms with E-state index in [-0.39, 0.29) is 0 Å². The van der Waals surface area contributed by atoms with E-state index in [9.17, 15) is 0 Å². The average Bonchev–Trinajstić information content (AvgIpc) is 2.50. The molecule has 0 aliphatic heterocycles. The summed E-state index contributed by atoms with van der Waals surface area (Å²) in [7, 11) is 1.78. The van der Waals surface area contributed by atoms with Crippen LogP contribution < -0.4 is 5.32 Å². The van der Waals surface area contributed by atoms with Crippen LogP contribution in [0.5, 0.6) is 0 Å². The molecule has 0 saturated carbocycles. The molecule has 2 nitrogen and oxygen atoms in total. The lowest BCUT2D eigenvalue weighted by atomic mass is 9.96. The van der Waals surface area contributed by atoms with Gasteiger partial charge in [0, 0.05) is 25.0 Å². The third kappa shape index (κ3) is 6.86. The van der Waals surface area contributed by atoms with Crippen molar-refractivity contribution in [1.82, 2.24) is 5.32 Å². The van der Waals surface area contributed by atoms with Crippen molar-refractivity contribution in [3.8, 4) is 0 Å². The summed E-state index contributed by atoms with van der Waals surface area (Å²) in [6.07, 6.45) is 2.29. The number of hydrogen-bond acceptors (Lipinski definition) is 3. The predicted octanol–water partition coefficient (Wildman–Crippen LogP) is 4.52. The SMILES string of the molecule is CCCNC(c1ccccc1)C(SCCCOC)C(C)C. The van der Waals surface area contributed by atoms with Crippen LogP contribution in [0.3, 0.4) is 0 Å². The van der Waals surface area contributed by atoms with Gasteiger partial charge in [-0.2, -0.15) is 11.8 Å². The predicted molar refractivity (Wildman–Crippen MR) is 95.1 cm³/mol. The van der Waals surface area contributed by atoms with Crippen molar-refractivity contribution in [2.24, 2.45) is 5.92 Å². The molecule has 3 heteroatoms. The van der Waals surface area contributed by atoms with E-state index >= 15 is 0 Å². The second-order valence-electron chi connectivity index (χ2n) is 5.77. The van der Waals surface area contributed by atoms with Crippen molar-refractivity contribution in [3.05, 3.63) is 35.9 Å². The number of rotatable bonds is 11. The van der Waals surface area contributed by atoms with E-state index in [4.69, 9.17) is 4.74 Å². The van der Waals surface area contributed by atoms with Crippen molar-refractivity contribution in [1.29, 1.82) is 0 Å². The summed E-state index contributed by atoms with van der Waals surface area (Å²) < 4.78 is 5.17. The zero-order valence-corrected chi connectivity index (χ0v) is 14.8. The molecule has 0 saturated heterocycles. The fourth-order valence-electron chi connectivity index (χ4n) is 2.48. The average molecular weight is 310 g/mol. The summed E-state index contributed by atoms with van der Waals surface area (Å²) in [6, 6.07) is 11.3. The quantitative estimate of drug-likeness (QED) is 0.607. The topological polar surface area (TPSA) is 21.3 Å². The molecule has 0 radical (unpaired) electrons. The standard InChI is InChI=1S/C18H31NOS/c1-5-12-19-17(16-10-7-6-8-11-16)18(15(2)3)21-14-9-13-20-4/h6-8,10-11,15,17-19H,5,9,12-14H2,1-4H3. The zero-order valence-electron chi connectivity index (χ0n) is 14.0. The Morgan fingerprint density at radius 1 is 1.19 bits per heavy atom. The summed E-state index contributed by atoms with van der Waals surface area (Å²) in [5.74, 6) is 1.81. The molecule has 2 atom stereocenters. The summed E-state index contributed by atoms with van der Waals surface area (Å²) in [5, 5.41) is 4.35. The highest BCUT2D eigenvalue weighted by atomic mass is 32.2. The molecule has 0 bridgehead atoms. The molecule has 1 rings (SSSR count). The molecule has 0 aliphatic carbocycles. The Balaban J connectivity index is 2.75. The van der Waals surface area contributed by atoms with Crippen LogP contribution in [0.15, 0.2) is 30.3 Å². The molecule has 0 amide bonds. The maximum atomic E-state index is 5.17. The van der Waals surface area contributed by atoms with Crippen molar-refractivity contribution in [2.45, 2.75) is 44.9 Å². The van der Waals surface area contributed by atoms with Gasteiger partial charge < -0.3 is 10.1 Å². The third-order valence-electron chi connectivity index (χ3n) is 3.56. The molecule has 0 heterocycles. The first-order valence-corrected chi connectivity index (χ1v) is 9.14. The van der Waals surface area contributed by atoms with E-state index < -0.39 is 0 Å². The van der Waals surface area contributed by atoms with Gasteiger partial charge >= 0.3 is 0 Å². The number of nitrogens with one attached hydrogen (secondary N) is 1. The maximum absolute atomic E-state index is 5.17. The van der Waals surface area contributed by atoms with Crippen LogP contribution in [0.25, 0.3) is 0 Å². The Kier molecular flexibility index (Phi) is 9.81. The first-order chi connectivity index (χ1) is 10.2. The van der Waals surface area contributed by atoms with Crippen molar-refractivity contribution in [2.75, 3.05) is 26.0 Å². The molecule has 21 heavy (non-hydrogen) atoms. The lowest BCUT2D eigenvalue weighted by molar-refractivity contribution is 0.200. The normalized spacial score (nSPS) is 14.3. The molecule has 1 aromatic rings. The van der Waals surface area contributed by atoms with E-state index in [1.807, 2.05) is 0 Å². The molecular formula is C18H31NOS. The van der Waals surface area contributed by atoms with Gasteiger partial charge in [0.15, 0.2) is 0 Å². The summed E-state index contributed by atoms with van der Waals surface area (Å²) >= 11 is 2.08. The van der Waals surface area contributed by atoms with Crippen LogP contribution in [-0.2, 0) is 4.74 Å². The van der Waals surface area contributed by atoms with Crippen LogP contribution in [-0.4, -0.2) is 31.3 Å². The molecular weight excluding hydrogens is 278 g/mol. The summed E-state index contributed by atoms with van der Waals surface area (Å²) in [6.45, 7) is 8.82. The highest BCUT2D eigenvalue weighted by molar-refractivity contribution is 7.99. The second-order valence-corrected chi connectivity index (χ2v) is 7.05. The van der Waals surface area contributed by atoms with E-state index in [0.717, 1.165) is 25.3 Å². The highest BCUT2D eigenvalue weighted by Gasteiger charge is 2.25. The molecule has 0 spiro atoms. The van der Waals surface area contributed by atoms with Crippen molar-refractivity contribution >= 4 is 11.8 Å². The number of methoxy groups -OCH3 is 1. The minimum absolute atomic E-state index is 0.429. The molecule has 0 aromatic heterocycles. The third-order valence-corrected chi connectivity index (χ3v) is 5.29. The summed E-state index contributed by atoms with van der Waals surface area (Å²) in [4.78, 5) is 0. The smallest absolute Gasteiger partial charge is 0.0470 e. The Morgan fingerprint density at radius 2 is 1.90 bits per heavy atom. The van der Waals surface area contributed by atoms with E-state index in [1.54, 1.807) is 7.11 Å². The van der Waals surface area contributed by atoms with Gasteiger partial charge in [0.25, 0.3) is 0 Å². The highest BCUT2D eigenvalue weighted by Crippen LogP contribution is 2.32. The van der Waals surface area contributed by atoms with Gasteiger partial charge in [0.1, 0.15) is 0 Å². The van der Waals surface area contributed by atoms with Gasteiger partial charge in [-0.3, -0.25) is 0 Å². The van der Waals surface area contributed by atoms with Gasteiger partial charge in [0.2, 0.25) is 0 Å². The Hall–Kier alpha value is -0.510. The van der Waals surface area contributed by atoms with Crippen LogP contribution in [0.1, 0.15) is 45.2 Å². The van der Waals surface area contributed by atoms with E-state index in [1.165, 1.54) is 12.0 Å². The van der Waals surface area contributed by atoms with Crippen LogP contribution in [0.2, 0.25) is 0 Å². The summed E-state index contributed by atoms with van der Waals surface area (Å²) in [5.41, 5.74) is 1.41. The van der Waals surface area contributed by atoms with Crippen LogP contribution in [0.4, 0.5) is 0 Å².